The number of aryl methyl sites for hydroxylation is 1. The zero-order valence-corrected chi connectivity index (χ0v) is 20.8. The molecule has 2 N–H and O–H groups in total. The van der Waals surface area contributed by atoms with Crippen LogP contribution in [0.2, 0.25) is 0 Å². The van der Waals surface area contributed by atoms with Gasteiger partial charge in [0.2, 0.25) is 5.91 Å². The Balaban J connectivity index is 1.28. The number of rotatable bonds is 10. The largest absolute Gasteiger partial charge is 0.466 e. The van der Waals surface area contributed by atoms with Gasteiger partial charge in [-0.25, -0.2) is 0 Å². The number of likely N-dealkylation sites (tertiary alicyclic amines) is 1. The lowest BCUT2D eigenvalue weighted by Gasteiger charge is -2.26. The summed E-state index contributed by atoms with van der Waals surface area (Å²) in [5, 5.41) is 5.74. The van der Waals surface area contributed by atoms with Crippen molar-refractivity contribution in [1.29, 1.82) is 0 Å². The summed E-state index contributed by atoms with van der Waals surface area (Å²) >= 11 is 5.20. The van der Waals surface area contributed by atoms with Crippen LogP contribution in [0.3, 0.4) is 0 Å². The van der Waals surface area contributed by atoms with Crippen LogP contribution in [0.4, 0.5) is 5.69 Å². The first-order valence-electron chi connectivity index (χ1n) is 12.2. The van der Waals surface area contributed by atoms with E-state index >= 15 is 0 Å². The van der Waals surface area contributed by atoms with E-state index in [2.05, 4.69) is 10.6 Å². The maximum atomic E-state index is 12.5. The molecule has 1 fully saturated rings. The lowest BCUT2D eigenvalue weighted by atomic mass is 10.1. The number of thiocarbonyl (C=S) groups is 1. The molecule has 8 heteroatoms. The van der Waals surface area contributed by atoms with Gasteiger partial charge < -0.3 is 20.3 Å². The van der Waals surface area contributed by atoms with Crippen LogP contribution >= 0.6 is 12.2 Å². The van der Waals surface area contributed by atoms with Crippen molar-refractivity contribution in [2.45, 2.75) is 51.4 Å². The topological polar surface area (TPSA) is 87.7 Å². The minimum atomic E-state index is -0.300. The van der Waals surface area contributed by atoms with Crippen LogP contribution in [0.5, 0.6) is 0 Å². The van der Waals surface area contributed by atoms with Crippen LogP contribution in [-0.2, 0) is 20.7 Å². The maximum absolute atomic E-state index is 12.5. The number of benzene rings is 2. The third-order valence-electron chi connectivity index (χ3n) is 5.79. The quantitative estimate of drug-likeness (QED) is 0.287. The fourth-order valence-corrected chi connectivity index (χ4v) is 4.13. The van der Waals surface area contributed by atoms with E-state index in [0.717, 1.165) is 38.8 Å². The average molecular weight is 496 g/mol. The van der Waals surface area contributed by atoms with E-state index < -0.39 is 0 Å². The lowest BCUT2D eigenvalue weighted by molar-refractivity contribution is -0.143. The average Bonchev–Trinajstić information content (AvgIpc) is 2.88. The Morgan fingerprint density at radius 2 is 1.60 bits per heavy atom. The first-order valence-corrected chi connectivity index (χ1v) is 12.6. The van der Waals surface area contributed by atoms with Crippen molar-refractivity contribution in [3.63, 3.8) is 0 Å². The molecule has 1 heterocycles. The number of hydrogen-bond donors (Lipinski definition) is 2. The van der Waals surface area contributed by atoms with Gasteiger partial charge >= 0.3 is 5.97 Å². The first-order chi connectivity index (χ1) is 17.0. The Labute approximate surface area is 212 Å². The van der Waals surface area contributed by atoms with Gasteiger partial charge in [0.25, 0.3) is 5.91 Å². The van der Waals surface area contributed by atoms with Crippen LogP contribution < -0.4 is 10.6 Å². The summed E-state index contributed by atoms with van der Waals surface area (Å²) in [7, 11) is 0. The number of piperidine rings is 1. The number of esters is 1. The van der Waals surface area contributed by atoms with Gasteiger partial charge in [-0.2, -0.15) is 0 Å². The van der Waals surface area contributed by atoms with E-state index in [1.54, 1.807) is 24.3 Å². The molecule has 1 aliphatic rings. The molecule has 0 radical (unpaired) electrons. The van der Waals surface area contributed by atoms with Gasteiger partial charge in [0.1, 0.15) is 0 Å². The number of ether oxygens (including phenoxy) is 1. The van der Waals surface area contributed by atoms with Crippen molar-refractivity contribution in [3.8, 4) is 0 Å². The molecule has 2 aromatic rings. The maximum Gasteiger partial charge on any atom is 0.305 e. The third kappa shape index (κ3) is 9.48. The monoisotopic (exact) mass is 495 g/mol. The van der Waals surface area contributed by atoms with Crippen molar-refractivity contribution >= 4 is 40.8 Å². The van der Waals surface area contributed by atoms with E-state index in [4.69, 9.17) is 17.0 Å². The first kappa shape index (κ1) is 26.3. The Morgan fingerprint density at radius 1 is 0.886 bits per heavy atom. The SMILES string of the molecule is O=C(CCCC(=O)OCCCc1ccccc1)NC(=S)Nc1ccc(C(=O)N2CCCCC2)cc1. The highest BCUT2D eigenvalue weighted by Crippen LogP contribution is 2.15. The third-order valence-corrected chi connectivity index (χ3v) is 5.99. The summed E-state index contributed by atoms with van der Waals surface area (Å²) in [6, 6.07) is 17.1. The zero-order chi connectivity index (χ0) is 24.9. The van der Waals surface area contributed by atoms with Gasteiger partial charge in [-0.05, 0) is 80.6 Å². The molecule has 186 valence electrons. The fraction of sp³-hybridized carbons (Fsp3) is 0.407. The van der Waals surface area contributed by atoms with E-state index in [-0.39, 0.29) is 35.7 Å². The molecule has 0 bridgehead atoms. The molecular formula is C27H33N3O4S. The Morgan fingerprint density at radius 3 is 2.31 bits per heavy atom. The number of anilines is 1. The second kappa shape index (κ2) is 14.2. The van der Waals surface area contributed by atoms with Crippen molar-refractivity contribution in [2.24, 2.45) is 0 Å². The molecule has 2 amide bonds. The summed E-state index contributed by atoms with van der Waals surface area (Å²) in [4.78, 5) is 38.4. The number of carbonyl (C=O) groups is 3. The smallest absolute Gasteiger partial charge is 0.305 e. The highest BCUT2D eigenvalue weighted by atomic mass is 32.1. The molecule has 1 aliphatic heterocycles. The summed E-state index contributed by atoms with van der Waals surface area (Å²) < 4.78 is 5.23. The normalized spacial score (nSPS) is 13.1. The molecule has 7 nitrogen and oxygen atoms in total. The van der Waals surface area contributed by atoms with Gasteiger partial charge in [0, 0.05) is 37.2 Å². The highest BCUT2D eigenvalue weighted by Gasteiger charge is 2.18. The van der Waals surface area contributed by atoms with Crippen molar-refractivity contribution in [1.82, 2.24) is 10.2 Å². The molecule has 0 atom stereocenters. The predicted octanol–water partition coefficient (Wildman–Crippen LogP) is 4.47. The highest BCUT2D eigenvalue weighted by molar-refractivity contribution is 7.80. The number of nitrogens with one attached hydrogen (secondary N) is 2. The van der Waals surface area contributed by atoms with Crippen LogP contribution in [0.15, 0.2) is 54.6 Å². The van der Waals surface area contributed by atoms with Gasteiger partial charge in [-0.3, -0.25) is 14.4 Å². The standard InChI is InChI=1S/C27H33N3O4S/c31-24(12-7-13-25(32)34-20-8-11-21-9-3-1-4-10-21)29-27(35)28-23-16-14-22(15-17-23)26(33)30-18-5-2-6-19-30/h1,3-4,9-10,14-17H,2,5-8,11-13,18-20H2,(H2,28,29,31,35). The van der Waals surface area contributed by atoms with Crippen LogP contribution in [0.1, 0.15) is 60.9 Å². The van der Waals surface area contributed by atoms with Crippen molar-refractivity contribution < 1.29 is 19.1 Å². The molecule has 1 saturated heterocycles. The molecule has 0 aliphatic carbocycles. The minimum Gasteiger partial charge on any atom is -0.466 e. The van der Waals surface area contributed by atoms with E-state index in [0.29, 0.717) is 24.3 Å². The van der Waals surface area contributed by atoms with Crippen LogP contribution in [0, 0.1) is 0 Å². The Hall–Kier alpha value is -3.26. The summed E-state index contributed by atoms with van der Waals surface area (Å²) in [6.45, 7) is 1.98. The fourth-order valence-electron chi connectivity index (χ4n) is 3.90. The van der Waals surface area contributed by atoms with Gasteiger partial charge in [-0.1, -0.05) is 30.3 Å². The molecule has 2 aromatic carbocycles. The van der Waals surface area contributed by atoms with E-state index in [9.17, 15) is 14.4 Å². The van der Waals surface area contributed by atoms with Gasteiger partial charge in [0.05, 0.1) is 6.61 Å². The van der Waals surface area contributed by atoms with Crippen LogP contribution in [-0.4, -0.2) is 47.5 Å². The number of hydrogen-bond acceptors (Lipinski definition) is 5. The van der Waals surface area contributed by atoms with Crippen molar-refractivity contribution in [2.75, 3.05) is 25.0 Å². The summed E-state index contributed by atoms with van der Waals surface area (Å²) in [5.41, 5.74) is 2.54. The predicted molar refractivity (Wildman–Crippen MR) is 140 cm³/mol. The van der Waals surface area contributed by atoms with Gasteiger partial charge in [-0.15, -0.1) is 0 Å². The Bertz CT molecular complexity index is 989. The summed E-state index contributed by atoms with van der Waals surface area (Å²) in [5.74, 6) is -0.524. The molecular weight excluding hydrogens is 462 g/mol. The molecule has 0 saturated carbocycles. The van der Waals surface area contributed by atoms with E-state index in [1.165, 1.54) is 12.0 Å². The zero-order valence-electron chi connectivity index (χ0n) is 20.0. The second-order valence-electron chi connectivity index (χ2n) is 8.60. The Kier molecular flexibility index (Phi) is 10.7. The number of nitrogens with zero attached hydrogens (tertiary/aromatic N) is 1. The van der Waals surface area contributed by atoms with E-state index in [1.807, 2.05) is 35.2 Å². The van der Waals surface area contributed by atoms with Crippen LogP contribution in [0.25, 0.3) is 0 Å². The summed E-state index contributed by atoms with van der Waals surface area (Å²) in [6.07, 6.45) is 5.65. The second-order valence-corrected chi connectivity index (χ2v) is 9.00. The van der Waals surface area contributed by atoms with Crippen molar-refractivity contribution in [3.05, 3.63) is 65.7 Å². The molecule has 0 unspecified atom stereocenters. The molecule has 35 heavy (non-hydrogen) atoms. The number of carbonyl (C=O) groups excluding carboxylic acids is 3. The minimum absolute atomic E-state index is 0.0434. The number of amides is 2. The lowest BCUT2D eigenvalue weighted by Crippen LogP contribution is -2.35. The molecule has 3 rings (SSSR count). The van der Waals surface area contributed by atoms with Gasteiger partial charge in [0.15, 0.2) is 5.11 Å². The molecule has 0 aromatic heterocycles. The molecule has 0 spiro atoms.